The van der Waals surface area contributed by atoms with E-state index in [-0.39, 0.29) is 11.3 Å². The smallest absolute Gasteiger partial charge is 0.235 e. The van der Waals surface area contributed by atoms with E-state index in [1.165, 1.54) is 12.1 Å². The summed E-state index contributed by atoms with van der Waals surface area (Å²) in [6, 6.07) is 17.0. The lowest BCUT2D eigenvalue weighted by Crippen LogP contribution is -2.44. The maximum Gasteiger partial charge on any atom is 0.235 e. The number of carbonyl (C=O) groups is 2. The molecule has 0 heterocycles. The second kappa shape index (κ2) is 8.80. The van der Waals surface area contributed by atoms with Crippen LogP contribution in [-0.2, 0) is 19.4 Å². The third-order valence-electron chi connectivity index (χ3n) is 5.86. The Kier molecular flexibility index (Phi) is 6.37. The van der Waals surface area contributed by atoms with E-state index >= 15 is 0 Å². The minimum absolute atomic E-state index is 0.128. The van der Waals surface area contributed by atoms with E-state index in [1.54, 1.807) is 43.3 Å². The molecule has 7 heteroatoms. The number of rotatable bonds is 6. The highest BCUT2D eigenvalue weighted by atomic mass is 32.2. The molecule has 156 valence electrons. The van der Waals surface area contributed by atoms with Gasteiger partial charge in [-0.25, -0.2) is 8.42 Å². The van der Waals surface area contributed by atoms with Gasteiger partial charge in [0, 0.05) is 0 Å². The summed E-state index contributed by atoms with van der Waals surface area (Å²) >= 11 is 0. The van der Waals surface area contributed by atoms with Crippen LogP contribution in [-0.4, -0.2) is 30.9 Å². The largest absolute Gasteiger partial charge is 0.278 e. The van der Waals surface area contributed by atoms with Crippen molar-refractivity contribution in [2.45, 2.75) is 42.9 Å². The number of aryl methyl sites for hydroxylation is 1. The Hall–Kier alpha value is -2.98. The van der Waals surface area contributed by atoms with Crippen LogP contribution in [0.15, 0.2) is 59.5 Å². The number of benzene rings is 2. The van der Waals surface area contributed by atoms with Crippen molar-refractivity contribution >= 4 is 22.2 Å². The van der Waals surface area contributed by atoms with Crippen molar-refractivity contribution in [3.63, 3.8) is 0 Å². The Balaban J connectivity index is 1.97. The molecule has 0 aromatic heterocycles. The first-order valence-corrected chi connectivity index (χ1v) is 11.4. The average molecular weight is 425 g/mol. The topological polar surface area (TPSA) is 95.3 Å². The number of sulfone groups is 1. The van der Waals surface area contributed by atoms with Gasteiger partial charge in [0.1, 0.15) is 0 Å². The van der Waals surface area contributed by atoms with E-state index < -0.39 is 38.9 Å². The Morgan fingerprint density at radius 1 is 1.13 bits per heavy atom. The highest BCUT2D eigenvalue weighted by Crippen LogP contribution is 2.40. The predicted molar refractivity (Wildman–Crippen MR) is 112 cm³/mol. The monoisotopic (exact) mass is 424 g/mol. The van der Waals surface area contributed by atoms with E-state index in [0.717, 1.165) is 16.0 Å². The fraction of sp³-hybridized carbons (Fsp3) is 0.348. The Bertz CT molecular complexity index is 1060. The molecule has 0 N–H and O–H groups in total. The zero-order chi connectivity index (χ0) is 21.9. The Labute approximate surface area is 177 Å². The fourth-order valence-electron chi connectivity index (χ4n) is 4.09. The molecule has 0 radical (unpaired) electrons. The molecular weight excluding hydrogens is 400 g/mol. The highest BCUT2D eigenvalue weighted by Gasteiger charge is 2.50. The summed E-state index contributed by atoms with van der Waals surface area (Å²) in [4.78, 5) is 26.4. The van der Waals surface area contributed by atoms with Crippen molar-refractivity contribution in [1.29, 1.82) is 5.26 Å². The molecule has 0 aliphatic heterocycles. The van der Waals surface area contributed by atoms with Gasteiger partial charge in [-0.05, 0) is 44.4 Å². The van der Waals surface area contributed by atoms with Gasteiger partial charge in [-0.1, -0.05) is 48.0 Å². The fourth-order valence-corrected chi connectivity index (χ4v) is 6.09. The molecule has 6 nitrogen and oxygen atoms in total. The number of carbonyl (C=O) groups excluding carboxylic acids is 2. The molecular formula is C23H24N2O4S. The van der Waals surface area contributed by atoms with Gasteiger partial charge in [-0.2, -0.15) is 5.26 Å². The third kappa shape index (κ3) is 4.01. The number of imide groups is 1. The molecule has 0 saturated heterocycles. The summed E-state index contributed by atoms with van der Waals surface area (Å²) in [7, 11) is -3.84. The highest BCUT2D eigenvalue weighted by molar-refractivity contribution is 7.92. The third-order valence-corrected chi connectivity index (χ3v) is 8.12. The van der Waals surface area contributed by atoms with Gasteiger partial charge in [-0.3, -0.25) is 14.5 Å². The number of hydrogen-bond acceptors (Lipinski definition) is 5. The maximum atomic E-state index is 13.4. The first kappa shape index (κ1) is 21.7. The Morgan fingerprint density at radius 3 is 2.33 bits per heavy atom. The van der Waals surface area contributed by atoms with Crippen molar-refractivity contribution in [3.8, 4) is 6.07 Å². The molecule has 4 unspecified atom stereocenters. The van der Waals surface area contributed by atoms with Crippen LogP contribution in [0.2, 0.25) is 0 Å². The first-order chi connectivity index (χ1) is 14.3. The van der Waals surface area contributed by atoms with Crippen molar-refractivity contribution < 1.29 is 18.0 Å². The standard InChI is InChI=1S/C23H24N2O4S/c1-16-8-11-20(12-9-16)30(28,29)21-13-10-19(14-24)22(21)23(27)25(15-26)17(2)18-6-4-3-5-7-18/h3-9,11-12,15,17,19,21-22H,10,13H2,1-2H3. The predicted octanol–water partition coefficient (Wildman–Crippen LogP) is 3.43. The van der Waals surface area contributed by atoms with E-state index in [4.69, 9.17) is 0 Å². The van der Waals surface area contributed by atoms with Gasteiger partial charge in [0.2, 0.25) is 12.3 Å². The van der Waals surface area contributed by atoms with Crippen molar-refractivity contribution in [2.75, 3.05) is 0 Å². The van der Waals surface area contributed by atoms with Crippen LogP contribution < -0.4 is 0 Å². The summed E-state index contributed by atoms with van der Waals surface area (Å²) in [5, 5.41) is 8.54. The lowest BCUT2D eigenvalue weighted by molar-refractivity contribution is -0.144. The quantitative estimate of drug-likeness (QED) is 0.662. The van der Waals surface area contributed by atoms with Crippen LogP contribution in [0.1, 0.15) is 36.9 Å². The van der Waals surface area contributed by atoms with Gasteiger partial charge in [-0.15, -0.1) is 0 Å². The maximum absolute atomic E-state index is 13.4. The van der Waals surface area contributed by atoms with Crippen molar-refractivity contribution in [3.05, 3.63) is 65.7 Å². The van der Waals surface area contributed by atoms with Gasteiger partial charge in [0.25, 0.3) is 0 Å². The molecule has 1 aliphatic rings. The van der Waals surface area contributed by atoms with E-state index in [2.05, 4.69) is 6.07 Å². The minimum Gasteiger partial charge on any atom is -0.278 e. The van der Waals surface area contributed by atoms with E-state index in [9.17, 15) is 23.3 Å². The molecule has 2 amide bonds. The molecule has 1 saturated carbocycles. The summed E-state index contributed by atoms with van der Waals surface area (Å²) in [6.45, 7) is 3.57. The van der Waals surface area contributed by atoms with Crippen LogP contribution in [0.25, 0.3) is 0 Å². The Morgan fingerprint density at radius 2 is 1.77 bits per heavy atom. The van der Waals surface area contributed by atoms with Crippen LogP contribution >= 0.6 is 0 Å². The van der Waals surface area contributed by atoms with Crippen molar-refractivity contribution in [2.24, 2.45) is 11.8 Å². The first-order valence-electron chi connectivity index (χ1n) is 9.84. The van der Waals surface area contributed by atoms with Crippen molar-refractivity contribution in [1.82, 2.24) is 4.90 Å². The second-order valence-corrected chi connectivity index (χ2v) is 9.84. The molecule has 2 aromatic carbocycles. The zero-order valence-corrected chi connectivity index (χ0v) is 17.7. The molecule has 1 aliphatic carbocycles. The van der Waals surface area contributed by atoms with Crippen LogP contribution in [0.5, 0.6) is 0 Å². The second-order valence-electron chi connectivity index (χ2n) is 7.67. The normalized spacial score (nSPS) is 22.1. The number of amides is 2. The number of hydrogen-bond donors (Lipinski definition) is 0. The van der Waals surface area contributed by atoms with Gasteiger partial charge in [0.05, 0.1) is 34.1 Å². The number of nitriles is 1. The number of nitrogens with zero attached hydrogens (tertiary/aromatic N) is 2. The summed E-state index contributed by atoms with van der Waals surface area (Å²) in [5.74, 6) is -2.46. The van der Waals surface area contributed by atoms with E-state index in [0.29, 0.717) is 12.8 Å². The van der Waals surface area contributed by atoms with Crippen LogP contribution in [0.4, 0.5) is 0 Å². The SMILES string of the molecule is Cc1ccc(S(=O)(=O)C2CCC(C#N)C2C(=O)N(C=O)C(C)c2ccccc2)cc1. The van der Waals surface area contributed by atoms with Gasteiger partial charge in [0.15, 0.2) is 9.84 Å². The van der Waals surface area contributed by atoms with E-state index in [1.807, 2.05) is 13.0 Å². The molecule has 3 rings (SSSR count). The molecule has 0 bridgehead atoms. The lowest BCUT2D eigenvalue weighted by atomic mass is 9.94. The summed E-state index contributed by atoms with van der Waals surface area (Å²) in [5.41, 5.74) is 1.68. The van der Waals surface area contributed by atoms with Crippen LogP contribution in [0, 0.1) is 30.1 Å². The average Bonchev–Trinajstić information content (AvgIpc) is 3.20. The zero-order valence-electron chi connectivity index (χ0n) is 16.9. The molecule has 30 heavy (non-hydrogen) atoms. The molecule has 1 fully saturated rings. The molecule has 2 aromatic rings. The summed E-state index contributed by atoms with van der Waals surface area (Å²) < 4.78 is 26.6. The van der Waals surface area contributed by atoms with Gasteiger partial charge >= 0.3 is 0 Å². The lowest BCUT2D eigenvalue weighted by Gasteiger charge is -2.29. The summed E-state index contributed by atoms with van der Waals surface area (Å²) in [6.07, 6.45) is 0.939. The molecule has 4 atom stereocenters. The minimum atomic E-state index is -3.84. The molecule has 0 spiro atoms. The van der Waals surface area contributed by atoms with Gasteiger partial charge < -0.3 is 0 Å². The van der Waals surface area contributed by atoms with Crippen LogP contribution in [0.3, 0.4) is 0 Å².